The summed E-state index contributed by atoms with van der Waals surface area (Å²) in [6.07, 6.45) is 3.07. The number of hydrogen-bond donors (Lipinski definition) is 0. The van der Waals surface area contributed by atoms with Gasteiger partial charge < -0.3 is 0 Å². The maximum Gasteiger partial charge on any atom is 0.139 e. The van der Waals surface area contributed by atoms with Crippen molar-refractivity contribution in [1.82, 2.24) is 0 Å². The van der Waals surface area contributed by atoms with Crippen LogP contribution in [0, 0.1) is 28.6 Å². The van der Waals surface area contributed by atoms with E-state index in [2.05, 4.69) is 13.8 Å². The number of Topliss-reactive ketones (excluding diaryl/α,β-unsaturated/α-hetero) is 2. The normalized spacial score (nSPS) is 49.6. The molecule has 0 saturated heterocycles. The number of fused-ring (bicyclic) bond motifs is 3. The average molecular weight is 220 g/mol. The van der Waals surface area contributed by atoms with Crippen molar-refractivity contribution in [3.63, 3.8) is 0 Å². The molecule has 3 aliphatic rings. The second-order valence-corrected chi connectivity index (χ2v) is 6.78. The quantitative estimate of drug-likeness (QED) is 0.629. The molecule has 0 spiro atoms. The molecule has 88 valence electrons. The van der Waals surface area contributed by atoms with Gasteiger partial charge in [-0.3, -0.25) is 9.59 Å². The molecule has 0 N–H and O–H groups in total. The van der Waals surface area contributed by atoms with E-state index in [1.165, 1.54) is 0 Å². The van der Waals surface area contributed by atoms with E-state index in [1.807, 2.05) is 6.92 Å². The molecule has 2 nitrogen and oxygen atoms in total. The molecule has 0 amide bonds. The Morgan fingerprint density at radius 2 is 1.81 bits per heavy atom. The largest absolute Gasteiger partial charge is 0.299 e. The van der Waals surface area contributed by atoms with E-state index in [-0.39, 0.29) is 11.3 Å². The first-order chi connectivity index (χ1) is 7.39. The highest BCUT2D eigenvalue weighted by atomic mass is 16.1. The number of hydrogen-bond acceptors (Lipinski definition) is 2. The third-order valence-corrected chi connectivity index (χ3v) is 5.74. The smallest absolute Gasteiger partial charge is 0.139 e. The van der Waals surface area contributed by atoms with Gasteiger partial charge in [0.25, 0.3) is 0 Å². The minimum atomic E-state index is -0.315. The zero-order valence-corrected chi connectivity index (χ0v) is 10.4. The van der Waals surface area contributed by atoms with Crippen molar-refractivity contribution in [2.24, 2.45) is 28.6 Å². The summed E-state index contributed by atoms with van der Waals surface area (Å²) >= 11 is 0. The molecule has 0 aromatic carbocycles. The highest BCUT2D eigenvalue weighted by molar-refractivity contribution is 5.99. The lowest BCUT2D eigenvalue weighted by Crippen LogP contribution is -2.47. The van der Waals surface area contributed by atoms with Crippen molar-refractivity contribution in [3.8, 4) is 0 Å². The number of rotatable bonds is 0. The van der Waals surface area contributed by atoms with E-state index in [1.54, 1.807) is 0 Å². The van der Waals surface area contributed by atoms with Crippen molar-refractivity contribution in [2.45, 2.75) is 46.5 Å². The van der Waals surface area contributed by atoms with E-state index >= 15 is 0 Å². The van der Waals surface area contributed by atoms with Gasteiger partial charge in [-0.1, -0.05) is 20.8 Å². The first-order valence-electron chi connectivity index (χ1n) is 6.45. The number of carbonyl (C=O) groups is 2. The van der Waals surface area contributed by atoms with E-state index in [4.69, 9.17) is 0 Å². The van der Waals surface area contributed by atoms with Crippen LogP contribution in [0.5, 0.6) is 0 Å². The van der Waals surface area contributed by atoms with Crippen LogP contribution < -0.4 is 0 Å². The molecule has 0 heterocycles. The monoisotopic (exact) mass is 220 g/mol. The van der Waals surface area contributed by atoms with Crippen LogP contribution in [0.25, 0.3) is 0 Å². The second-order valence-electron chi connectivity index (χ2n) is 6.78. The lowest BCUT2D eigenvalue weighted by molar-refractivity contribution is -0.148. The molecule has 0 aliphatic heterocycles. The van der Waals surface area contributed by atoms with E-state index in [9.17, 15) is 9.59 Å². The minimum absolute atomic E-state index is 0.0440. The van der Waals surface area contributed by atoms with Crippen molar-refractivity contribution in [3.05, 3.63) is 0 Å². The van der Waals surface area contributed by atoms with Crippen LogP contribution in [0.1, 0.15) is 46.5 Å². The Morgan fingerprint density at radius 3 is 2.50 bits per heavy atom. The van der Waals surface area contributed by atoms with Crippen LogP contribution in [0.4, 0.5) is 0 Å². The zero-order chi connectivity index (χ0) is 11.7. The molecule has 0 aromatic heterocycles. The topological polar surface area (TPSA) is 34.1 Å². The maximum absolute atomic E-state index is 12.2. The summed E-state index contributed by atoms with van der Waals surface area (Å²) in [7, 11) is 0. The number of carbonyl (C=O) groups excluding carboxylic acids is 2. The fourth-order valence-corrected chi connectivity index (χ4v) is 4.55. The van der Waals surface area contributed by atoms with E-state index in [0.29, 0.717) is 41.7 Å². The summed E-state index contributed by atoms with van der Waals surface area (Å²) in [5, 5.41) is 0. The molecular weight excluding hydrogens is 200 g/mol. The molecule has 2 heteroatoms. The summed E-state index contributed by atoms with van der Waals surface area (Å²) in [5.41, 5.74) is -0.0139. The van der Waals surface area contributed by atoms with Gasteiger partial charge in [0, 0.05) is 24.2 Å². The third kappa shape index (κ3) is 1.03. The Bertz CT molecular complexity index is 382. The van der Waals surface area contributed by atoms with Gasteiger partial charge in [0.1, 0.15) is 11.6 Å². The molecule has 4 atom stereocenters. The van der Waals surface area contributed by atoms with Crippen molar-refractivity contribution < 1.29 is 9.59 Å². The highest BCUT2D eigenvalue weighted by Crippen LogP contribution is 2.71. The summed E-state index contributed by atoms with van der Waals surface area (Å²) in [6, 6.07) is 0. The van der Waals surface area contributed by atoms with Gasteiger partial charge in [-0.15, -0.1) is 0 Å². The fraction of sp³-hybridized carbons (Fsp3) is 0.857. The summed E-state index contributed by atoms with van der Waals surface area (Å²) < 4.78 is 0. The van der Waals surface area contributed by atoms with Gasteiger partial charge in [0.15, 0.2) is 0 Å². The SMILES string of the molecule is CC1(C)[C@@H]2[C@H]1CC[C@]1(C)C(=O)CCC(=O)[C@@H]21. The molecule has 0 bridgehead atoms. The van der Waals surface area contributed by atoms with Crippen LogP contribution in [0.15, 0.2) is 0 Å². The Balaban J connectivity index is 2.01. The van der Waals surface area contributed by atoms with E-state index < -0.39 is 0 Å². The average Bonchev–Trinajstić information content (AvgIpc) is 2.76. The fourth-order valence-electron chi connectivity index (χ4n) is 4.55. The van der Waals surface area contributed by atoms with Gasteiger partial charge in [0.05, 0.1) is 0 Å². The van der Waals surface area contributed by atoms with Crippen LogP contribution >= 0.6 is 0 Å². The van der Waals surface area contributed by atoms with Gasteiger partial charge in [0.2, 0.25) is 0 Å². The first kappa shape index (κ1) is 10.5. The first-order valence-corrected chi connectivity index (χ1v) is 6.45. The highest BCUT2D eigenvalue weighted by Gasteiger charge is 2.69. The molecule has 0 radical (unpaired) electrons. The molecule has 0 unspecified atom stereocenters. The van der Waals surface area contributed by atoms with Crippen molar-refractivity contribution in [1.29, 1.82) is 0 Å². The van der Waals surface area contributed by atoms with Crippen molar-refractivity contribution in [2.75, 3.05) is 0 Å². The van der Waals surface area contributed by atoms with Crippen LogP contribution in [-0.4, -0.2) is 11.6 Å². The maximum atomic E-state index is 12.2. The summed E-state index contributed by atoms with van der Waals surface area (Å²) in [4.78, 5) is 24.3. The Hall–Kier alpha value is -0.660. The zero-order valence-electron chi connectivity index (χ0n) is 10.4. The Kier molecular flexibility index (Phi) is 1.82. The summed E-state index contributed by atoms with van der Waals surface area (Å²) in [6.45, 7) is 6.57. The summed E-state index contributed by atoms with van der Waals surface area (Å²) in [5.74, 6) is 1.94. The minimum Gasteiger partial charge on any atom is -0.299 e. The van der Waals surface area contributed by atoms with Gasteiger partial charge in [-0.05, 0) is 30.1 Å². The van der Waals surface area contributed by atoms with Crippen LogP contribution in [0.3, 0.4) is 0 Å². The standard InChI is InChI=1S/C14H20O2/c1-13(2)8-6-7-14(3)10(16)5-4-9(15)12(14)11(8)13/h8,11-12H,4-7H2,1-3H3/t8-,11-,12+,14-/m1/s1. The predicted octanol–water partition coefficient (Wildman–Crippen LogP) is 2.61. The van der Waals surface area contributed by atoms with Crippen molar-refractivity contribution >= 4 is 11.6 Å². The molecule has 3 rings (SSSR count). The Labute approximate surface area is 96.8 Å². The predicted molar refractivity (Wildman–Crippen MR) is 60.8 cm³/mol. The molecule has 16 heavy (non-hydrogen) atoms. The lowest BCUT2D eigenvalue weighted by atomic mass is 9.59. The molecule has 3 fully saturated rings. The Morgan fingerprint density at radius 1 is 1.12 bits per heavy atom. The van der Waals surface area contributed by atoms with Crippen LogP contribution in [-0.2, 0) is 9.59 Å². The van der Waals surface area contributed by atoms with Gasteiger partial charge >= 0.3 is 0 Å². The molecule has 3 aliphatic carbocycles. The molecular formula is C14H20O2. The van der Waals surface area contributed by atoms with Crippen LogP contribution in [0.2, 0.25) is 0 Å². The van der Waals surface area contributed by atoms with E-state index in [0.717, 1.165) is 12.8 Å². The van der Waals surface area contributed by atoms with Gasteiger partial charge in [-0.25, -0.2) is 0 Å². The molecule has 3 saturated carbocycles. The molecule has 0 aromatic rings. The number of ketones is 2. The second kappa shape index (κ2) is 2.77. The third-order valence-electron chi connectivity index (χ3n) is 5.74. The van der Waals surface area contributed by atoms with Gasteiger partial charge in [-0.2, -0.15) is 0 Å². The lowest BCUT2D eigenvalue weighted by Gasteiger charge is -2.42.